The Bertz CT molecular complexity index is 1400. The number of nitrogens with zero attached hydrogens (tertiary/aromatic N) is 7. The first kappa shape index (κ1) is 30.6. The van der Waals surface area contributed by atoms with Crippen molar-refractivity contribution in [3.8, 4) is 6.01 Å². The third-order valence-electron chi connectivity index (χ3n) is 8.71. The van der Waals surface area contributed by atoms with Gasteiger partial charge in [0.05, 0.1) is 29.6 Å². The number of aryl methyl sites for hydroxylation is 1. The Hall–Kier alpha value is -3.31. The van der Waals surface area contributed by atoms with Gasteiger partial charge in [-0.3, -0.25) is 9.89 Å². The quantitative estimate of drug-likeness (QED) is 0.443. The number of ether oxygens (including phenoxy) is 1. The third-order valence-corrected chi connectivity index (χ3v) is 8.71. The van der Waals surface area contributed by atoms with Gasteiger partial charge < -0.3 is 24.3 Å². The third kappa shape index (κ3) is 5.88. The average Bonchev–Trinajstić information content (AvgIpc) is 3.59. The molecule has 0 spiro atoms. The molecule has 10 nitrogen and oxygen atoms in total. The van der Waals surface area contributed by atoms with Gasteiger partial charge in [0.15, 0.2) is 0 Å². The van der Waals surface area contributed by atoms with Crippen molar-refractivity contribution in [3.63, 3.8) is 0 Å². The summed E-state index contributed by atoms with van der Waals surface area (Å²) < 4.78 is 6.27. The van der Waals surface area contributed by atoms with E-state index in [1.165, 1.54) is 34.9 Å². The van der Waals surface area contributed by atoms with Crippen molar-refractivity contribution in [1.82, 2.24) is 30.0 Å². The van der Waals surface area contributed by atoms with Crippen molar-refractivity contribution >= 4 is 41.8 Å². The molecule has 0 saturated carbocycles. The summed E-state index contributed by atoms with van der Waals surface area (Å²) in [4.78, 5) is 31.0. The number of carbonyl (C=O) groups excluding carboxylic acids is 1. The highest BCUT2D eigenvalue weighted by atomic mass is 32.1. The summed E-state index contributed by atoms with van der Waals surface area (Å²) in [6.07, 6.45) is 6.49. The minimum atomic E-state index is -0.0150. The van der Waals surface area contributed by atoms with Gasteiger partial charge in [0, 0.05) is 49.7 Å². The van der Waals surface area contributed by atoms with E-state index in [0.29, 0.717) is 38.3 Å². The number of nitrogens with one attached hydrogen (secondary N) is 1. The number of carbonyl (C=O) groups is 1. The van der Waals surface area contributed by atoms with Crippen LogP contribution in [0.1, 0.15) is 42.7 Å². The minimum Gasteiger partial charge on any atom is -0.462 e. The highest BCUT2D eigenvalue weighted by Crippen LogP contribution is 2.37. The van der Waals surface area contributed by atoms with E-state index < -0.39 is 0 Å². The molecular formula is C30H44N8O2S. The van der Waals surface area contributed by atoms with Crippen LogP contribution in [0.4, 0.5) is 11.5 Å². The van der Waals surface area contributed by atoms with Crippen molar-refractivity contribution in [2.24, 2.45) is 0 Å². The molecule has 6 rings (SSSR count). The lowest BCUT2D eigenvalue weighted by Crippen LogP contribution is -2.49. The smallest absolute Gasteiger partial charge is 0.318 e. The molecule has 222 valence electrons. The van der Waals surface area contributed by atoms with E-state index >= 15 is 0 Å². The van der Waals surface area contributed by atoms with Crippen LogP contribution in [0, 0.1) is 13.8 Å². The molecule has 5 heterocycles. The summed E-state index contributed by atoms with van der Waals surface area (Å²) in [6, 6.07) is 3.01. The number of H-pyrrole nitrogens is 1. The van der Waals surface area contributed by atoms with Gasteiger partial charge in [-0.2, -0.15) is 28.6 Å². The van der Waals surface area contributed by atoms with Crippen LogP contribution in [-0.4, -0.2) is 94.8 Å². The first-order chi connectivity index (χ1) is 18.9. The molecular weight excluding hydrogens is 536 g/mol. The predicted molar refractivity (Wildman–Crippen MR) is 170 cm³/mol. The van der Waals surface area contributed by atoms with E-state index in [9.17, 15) is 4.79 Å². The van der Waals surface area contributed by atoms with Crippen LogP contribution in [0.2, 0.25) is 0 Å². The molecule has 3 aromatic rings. The number of fused-ring (bicyclic) bond motifs is 2. The number of likely N-dealkylation sites (tertiary alicyclic amines) is 1. The minimum absolute atomic E-state index is 0. The number of anilines is 2. The molecule has 2 aromatic heterocycles. The molecule has 1 atom stereocenters. The van der Waals surface area contributed by atoms with Gasteiger partial charge in [-0.1, -0.05) is 14.0 Å². The van der Waals surface area contributed by atoms with Gasteiger partial charge in [-0.05, 0) is 70.0 Å². The molecule has 0 radical (unpaired) electrons. The van der Waals surface area contributed by atoms with Gasteiger partial charge in [-0.25, -0.2) is 0 Å². The topological polar surface area (TPSA) is 93.7 Å². The molecule has 2 fully saturated rings. The largest absolute Gasteiger partial charge is 0.462 e. The zero-order valence-corrected chi connectivity index (χ0v) is 24.7. The molecule has 0 aliphatic carbocycles. The Morgan fingerprint density at radius 2 is 1.93 bits per heavy atom. The first-order valence-electron chi connectivity index (χ1n) is 14.0. The Morgan fingerprint density at radius 3 is 2.63 bits per heavy atom. The second-order valence-corrected chi connectivity index (χ2v) is 11.0. The molecule has 0 unspecified atom stereocenters. The lowest BCUT2D eigenvalue weighted by molar-refractivity contribution is -0.126. The van der Waals surface area contributed by atoms with Crippen molar-refractivity contribution in [1.29, 1.82) is 0 Å². The predicted octanol–water partition coefficient (Wildman–Crippen LogP) is 3.59. The Morgan fingerprint density at radius 1 is 1.15 bits per heavy atom. The highest BCUT2D eigenvalue weighted by molar-refractivity contribution is 7.59. The number of likely N-dealkylation sites (N-methyl/N-ethyl adjacent to an activating group) is 1. The summed E-state index contributed by atoms with van der Waals surface area (Å²) >= 11 is 0. The van der Waals surface area contributed by atoms with Crippen molar-refractivity contribution in [2.75, 3.05) is 62.7 Å². The maximum Gasteiger partial charge on any atom is 0.318 e. The number of rotatable bonds is 6. The number of aromatic amines is 1. The summed E-state index contributed by atoms with van der Waals surface area (Å²) in [5.74, 6) is 0.938. The number of amides is 1. The molecule has 3 aliphatic heterocycles. The SMILES string of the molecule is C.C=CC(=O)N1CCN(c2nc(OC[C@@H]3CCCN3C)nc3c2CCN(c2c(C)c(C)cc4[nH]ncc24)C3)CC1.S. The van der Waals surface area contributed by atoms with Crippen molar-refractivity contribution in [3.05, 3.63) is 47.3 Å². The number of benzene rings is 1. The van der Waals surface area contributed by atoms with Gasteiger partial charge in [0.2, 0.25) is 5.91 Å². The van der Waals surface area contributed by atoms with Gasteiger partial charge >= 0.3 is 6.01 Å². The highest BCUT2D eigenvalue weighted by Gasteiger charge is 2.30. The Labute approximate surface area is 250 Å². The standard InChI is InChI=1S/C29H38N8O2.CH4.H2S/c1-5-26(38)35-11-13-36(14-12-35)28-22-8-10-37(27-20(3)19(2)15-24-23(27)16-30-33-24)17-25(22)31-29(32-28)39-18-21-7-6-9-34(21)4;;/h5,15-16,21H,1,6-14,17-18H2,2-4H3,(H,30,33);1H4;1H2/t21-;;/m0../s1. The van der Waals surface area contributed by atoms with Gasteiger partial charge in [0.25, 0.3) is 0 Å². The average molecular weight is 581 g/mol. The van der Waals surface area contributed by atoms with Crippen molar-refractivity contribution in [2.45, 2.75) is 53.1 Å². The van der Waals surface area contributed by atoms with E-state index in [0.717, 1.165) is 61.4 Å². The molecule has 41 heavy (non-hydrogen) atoms. The summed E-state index contributed by atoms with van der Waals surface area (Å²) in [5, 5.41) is 8.61. The lowest BCUT2D eigenvalue weighted by atomic mass is 9.99. The summed E-state index contributed by atoms with van der Waals surface area (Å²) in [5.41, 5.74) is 6.99. The van der Waals surface area contributed by atoms with E-state index in [1.807, 2.05) is 11.1 Å². The molecule has 1 amide bonds. The van der Waals surface area contributed by atoms with Crippen LogP contribution in [-0.2, 0) is 17.8 Å². The van der Waals surface area contributed by atoms with Gasteiger partial charge in [0.1, 0.15) is 12.4 Å². The Balaban J connectivity index is 0.00000194. The van der Waals surface area contributed by atoms with Crippen LogP contribution in [0.3, 0.4) is 0 Å². The molecule has 0 bridgehead atoms. The van der Waals surface area contributed by atoms with Crippen LogP contribution in [0.25, 0.3) is 10.9 Å². The number of aromatic nitrogens is 4. The zero-order valence-electron chi connectivity index (χ0n) is 23.7. The van der Waals surface area contributed by atoms with E-state index in [4.69, 9.17) is 14.7 Å². The van der Waals surface area contributed by atoms with E-state index in [1.54, 1.807) is 0 Å². The first-order valence-corrected chi connectivity index (χ1v) is 14.0. The molecule has 1 N–H and O–H groups in total. The summed E-state index contributed by atoms with van der Waals surface area (Å²) in [7, 11) is 2.16. The normalized spacial score (nSPS) is 19.0. The maximum absolute atomic E-state index is 12.2. The number of hydrogen-bond acceptors (Lipinski definition) is 8. The molecule has 1 aromatic carbocycles. The lowest BCUT2D eigenvalue weighted by Gasteiger charge is -2.38. The van der Waals surface area contributed by atoms with Crippen LogP contribution >= 0.6 is 13.5 Å². The fourth-order valence-corrected chi connectivity index (χ4v) is 6.25. The number of piperazine rings is 1. The molecule has 11 heteroatoms. The molecule has 2 saturated heterocycles. The van der Waals surface area contributed by atoms with Gasteiger partial charge in [-0.15, -0.1) is 0 Å². The molecule has 3 aliphatic rings. The fraction of sp³-hybridized carbons (Fsp3) is 0.533. The fourth-order valence-electron chi connectivity index (χ4n) is 6.25. The van der Waals surface area contributed by atoms with E-state index in [-0.39, 0.29) is 26.8 Å². The zero-order chi connectivity index (χ0) is 27.1. The monoisotopic (exact) mass is 580 g/mol. The second kappa shape index (κ2) is 12.7. The number of hydrogen-bond donors (Lipinski definition) is 1. The van der Waals surface area contributed by atoms with Crippen LogP contribution < -0.4 is 14.5 Å². The van der Waals surface area contributed by atoms with Crippen LogP contribution in [0.15, 0.2) is 24.9 Å². The maximum atomic E-state index is 12.2. The van der Waals surface area contributed by atoms with E-state index in [2.05, 4.69) is 58.4 Å². The second-order valence-electron chi connectivity index (χ2n) is 11.0. The summed E-state index contributed by atoms with van der Waals surface area (Å²) in [6.45, 7) is 14.0. The van der Waals surface area contributed by atoms with Crippen molar-refractivity contribution < 1.29 is 9.53 Å². The Kier molecular flexibility index (Phi) is 9.48. The van der Waals surface area contributed by atoms with Crippen LogP contribution in [0.5, 0.6) is 6.01 Å².